The molecule has 2 nitrogen and oxygen atoms in total. The van der Waals surface area contributed by atoms with Gasteiger partial charge in [0.05, 0.1) is 0 Å². The zero-order valence-electron chi connectivity index (χ0n) is 10.1. The van der Waals surface area contributed by atoms with Crippen molar-refractivity contribution in [3.8, 4) is 0 Å². The Hall–Kier alpha value is -0.0800. The molecule has 1 heterocycles. The van der Waals surface area contributed by atoms with Gasteiger partial charge in [0.1, 0.15) is 0 Å². The molecule has 1 unspecified atom stereocenters. The molecular weight excluding hydrogens is 172 g/mol. The fraction of sp³-hybridized carbons (Fsp3) is 1.00. The highest BCUT2D eigenvalue weighted by atomic mass is 15.2. The van der Waals surface area contributed by atoms with Gasteiger partial charge in [-0.1, -0.05) is 20.3 Å². The van der Waals surface area contributed by atoms with E-state index in [1.165, 1.54) is 52.0 Å². The largest absolute Gasteiger partial charge is 0.305 e. The average Bonchev–Trinajstić information content (AvgIpc) is 2.39. The van der Waals surface area contributed by atoms with Crippen LogP contribution in [0.5, 0.6) is 0 Å². The van der Waals surface area contributed by atoms with Gasteiger partial charge < -0.3 is 9.80 Å². The zero-order chi connectivity index (χ0) is 10.4. The van der Waals surface area contributed by atoms with E-state index in [0.29, 0.717) is 0 Å². The first kappa shape index (κ1) is 12.0. The molecule has 84 valence electrons. The molecule has 1 fully saturated rings. The number of likely N-dealkylation sites (N-methyl/N-ethyl adjacent to an activating group) is 1. The Morgan fingerprint density at radius 1 is 1.14 bits per heavy atom. The summed E-state index contributed by atoms with van der Waals surface area (Å²) in [7, 11) is 2.23. The van der Waals surface area contributed by atoms with Crippen molar-refractivity contribution in [1.29, 1.82) is 0 Å². The van der Waals surface area contributed by atoms with E-state index >= 15 is 0 Å². The molecule has 2 heteroatoms. The molecule has 1 aliphatic rings. The van der Waals surface area contributed by atoms with Crippen molar-refractivity contribution >= 4 is 0 Å². The van der Waals surface area contributed by atoms with Crippen LogP contribution in [0, 0.1) is 5.92 Å². The second kappa shape index (κ2) is 6.41. The number of hydrogen-bond acceptors (Lipinski definition) is 2. The molecule has 1 saturated heterocycles. The Morgan fingerprint density at radius 2 is 1.93 bits per heavy atom. The van der Waals surface area contributed by atoms with Crippen molar-refractivity contribution in [3.05, 3.63) is 0 Å². The summed E-state index contributed by atoms with van der Waals surface area (Å²) >= 11 is 0. The molecule has 14 heavy (non-hydrogen) atoms. The summed E-state index contributed by atoms with van der Waals surface area (Å²) in [6.45, 7) is 11.1. The molecule has 0 aromatic carbocycles. The Morgan fingerprint density at radius 3 is 2.64 bits per heavy atom. The van der Waals surface area contributed by atoms with Gasteiger partial charge in [0, 0.05) is 13.1 Å². The van der Waals surface area contributed by atoms with E-state index in [-0.39, 0.29) is 0 Å². The van der Waals surface area contributed by atoms with Crippen LogP contribution >= 0.6 is 0 Å². The summed E-state index contributed by atoms with van der Waals surface area (Å²) in [5.74, 6) is 0.899. The van der Waals surface area contributed by atoms with Crippen LogP contribution in [0.1, 0.15) is 33.1 Å². The van der Waals surface area contributed by atoms with E-state index in [1.807, 2.05) is 0 Å². The third-order valence-corrected chi connectivity index (χ3v) is 3.45. The SMILES string of the molecule is CCC(C)CCN1CCCN(C)CC1. The summed E-state index contributed by atoms with van der Waals surface area (Å²) in [6.07, 6.45) is 4.05. The van der Waals surface area contributed by atoms with E-state index < -0.39 is 0 Å². The van der Waals surface area contributed by atoms with Crippen molar-refractivity contribution in [2.75, 3.05) is 39.8 Å². The first-order valence-corrected chi connectivity index (χ1v) is 6.13. The molecule has 0 aromatic rings. The lowest BCUT2D eigenvalue weighted by Crippen LogP contribution is -2.30. The topological polar surface area (TPSA) is 6.48 Å². The Balaban J connectivity index is 2.17. The summed E-state index contributed by atoms with van der Waals surface area (Å²) in [6, 6.07) is 0. The van der Waals surface area contributed by atoms with Crippen LogP contribution in [0.2, 0.25) is 0 Å². The van der Waals surface area contributed by atoms with E-state index in [1.54, 1.807) is 0 Å². The Kier molecular flexibility index (Phi) is 5.49. The van der Waals surface area contributed by atoms with Crippen molar-refractivity contribution in [3.63, 3.8) is 0 Å². The van der Waals surface area contributed by atoms with Gasteiger partial charge in [-0.2, -0.15) is 0 Å². The molecule has 0 aromatic heterocycles. The molecule has 0 bridgehead atoms. The van der Waals surface area contributed by atoms with Crippen LogP contribution in [-0.2, 0) is 0 Å². The highest BCUT2D eigenvalue weighted by Gasteiger charge is 2.12. The van der Waals surface area contributed by atoms with Crippen LogP contribution in [0.3, 0.4) is 0 Å². The second-order valence-electron chi connectivity index (χ2n) is 4.80. The van der Waals surface area contributed by atoms with E-state index in [9.17, 15) is 0 Å². The molecule has 1 atom stereocenters. The molecule has 0 N–H and O–H groups in total. The maximum absolute atomic E-state index is 2.63. The monoisotopic (exact) mass is 198 g/mol. The lowest BCUT2D eigenvalue weighted by molar-refractivity contribution is 0.257. The maximum atomic E-state index is 2.63. The van der Waals surface area contributed by atoms with E-state index in [2.05, 4.69) is 30.7 Å². The van der Waals surface area contributed by atoms with Gasteiger partial charge in [-0.05, 0) is 45.4 Å². The van der Waals surface area contributed by atoms with E-state index in [4.69, 9.17) is 0 Å². The maximum Gasteiger partial charge on any atom is 0.0109 e. The van der Waals surface area contributed by atoms with E-state index in [0.717, 1.165) is 5.92 Å². The second-order valence-corrected chi connectivity index (χ2v) is 4.80. The van der Waals surface area contributed by atoms with Gasteiger partial charge in [-0.25, -0.2) is 0 Å². The van der Waals surface area contributed by atoms with Gasteiger partial charge in [-0.15, -0.1) is 0 Å². The van der Waals surface area contributed by atoms with Gasteiger partial charge in [0.25, 0.3) is 0 Å². The lowest BCUT2D eigenvalue weighted by Gasteiger charge is -2.21. The van der Waals surface area contributed by atoms with Crippen LogP contribution in [-0.4, -0.2) is 49.6 Å². The first-order valence-electron chi connectivity index (χ1n) is 6.13. The minimum absolute atomic E-state index is 0.899. The predicted octanol–water partition coefficient (Wildman–Crippen LogP) is 2.06. The van der Waals surface area contributed by atoms with Crippen molar-refractivity contribution in [2.24, 2.45) is 5.92 Å². The third kappa shape index (κ3) is 4.43. The minimum atomic E-state index is 0.899. The van der Waals surface area contributed by atoms with Crippen LogP contribution in [0.15, 0.2) is 0 Å². The molecule has 0 saturated carbocycles. The molecule has 1 rings (SSSR count). The van der Waals surface area contributed by atoms with Crippen LogP contribution in [0.25, 0.3) is 0 Å². The molecule has 0 aliphatic carbocycles. The van der Waals surface area contributed by atoms with Crippen molar-refractivity contribution in [1.82, 2.24) is 9.80 Å². The molecular formula is C12H26N2. The van der Waals surface area contributed by atoms with Crippen molar-refractivity contribution in [2.45, 2.75) is 33.1 Å². The first-order chi connectivity index (χ1) is 6.72. The average molecular weight is 198 g/mol. The molecule has 1 aliphatic heterocycles. The summed E-state index contributed by atoms with van der Waals surface area (Å²) in [4.78, 5) is 5.08. The quantitative estimate of drug-likeness (QED) is 0.682. The molecule has 0 spiro atoms. The summed E-state index contributed by atoms with van der Waals surface area (Å²) in [5.41, 5.74) is 0. The predicted molar refractivity (Wildman–Crippen MR) is 62.6 cm³/mol. The third-order valence-electron chi connectivity index (χ3n) is 3.45. The van der Waals surface area contributed by atoms with Crippen LogP contribution in [0.4, 0.5) is 0 Å². The summed E-state index contributed by atoms with van der Waals surface area (Å²) < 4.78 is 0. The number of hydrogen-bond donors (Lipinski definition) is 0. The standard InChI is InChI=1S/C12H26N2/c1-4-12(2)6-9-14-8-5-7-13(3)10-11-14/h12H,4-11H2,1-3H3. The van der Waals surface area contributed by atoms with Gasteiger partial charge in [0.2, 0.25) is 0 Å². The van der Waals surface area contributed by atoms with Crippen LogP contribution < -0.4 is 0 Å². The fourth-order valence-corrected chi connectivity index (χ4v) is 1.93. The zero-order valence-corrected chi connectivity index (χ0v) is 10.1. The summed E-state index contributed by atoms with van der Waals surface area (Å²) in [5, 5.41) is 0. The Labute approximate surface area is 89.3 Å². The van der Waals surface area contributed by atoms with Gasteiger partial charge in [-0.3, -0.25) is 0 Å². The highest BCUT2D eigenvalue weighted by Crippen LogP contribution is 2.09. The lowest BCUT2D eigenvalue weighted by atomic mass is 10.1. The Bertz CT molecular complexity index is 147. The number of nitrogens with zero attached hydrogens (tertiary/aromatic N) is 2. The van der Waals surface area contributed by atoms with Crippen molar-refractivity contribution < 1.29 is 0 Å². The highest BCUT2D eigenvalue weighted by molar-refractivity contribution is 4.67. The number of rotatable bonds is 4. The van der Waals surface area contributed by atoms with Gasteiger partial charge >= 0.3 is 0 Å². The van der Waals surface area contributed by atoms with Gasteiger partial charge in [0.15, 0.2) is 0 Å². The smallest absolute Gasteiger partial charge is 0.0109 e. The molecule has 0 radical (unpaired) electrons. The minimum Gasteiger partial charge on any atom is -0.305 e. The normalized spacial score (nSPS) is 23.4. The molecule has 0 amide bonds. The fourth-order valence-electron chi connectivity index (χ4n) is 1.93.